The molecule has 9 heteroatoms. The number of methoxy groups -OCH3 is 1. The average Bonchev–Trinajstić information content (AvgIpc) is 3.16. The maximum absolute atomic E-state index is 12.9. The first kappa shape index (κ1) is 20.3. The van der Waals surface area contributed by atoms with E-state index in [0.29, 0.717) is 23.0 Å². The molecule has 148 valence electrons. The van der Waals surface area contributed by atoms with Crippen LogP contribution in [0, 0.1) is 0 Å². The minimum Gasteiger partial charge on any atom is -0.496 e. The van der Waals surface area contributed by atoms with E-state index in [1.165, 1.54) is 17.4 Å². The molecule has 0 spiro atoms. The zero-order chi connectivity index (χ0) is 20.3. The first-order chi connectivity index (χ1) is 13.3. The molecular formula is C19H20ClN3O4S. The quantitative estimate of drug-likeness (QED) is 0.577. The summed E-state index contributed by atoms with van der Waals surface area (Å²) in [5, 5.41) is 4.51. The van der Waals surface area contributed by atoms with Gasteiger partial charge in [0, 0.05) is 17.6 Å². The van der Waals surface area contributed by atoms with Gasteiger partial charge in [0.2, 0.25) is 21.7 Å². The number of ether oxygens (including phenoxy) is 1. The molecule has 0 bridgehead atoms. The van der Waals surface area contributed by atoms with Crippen LogP contribution in [0.3, 0.4) is 0 Å². The van der Waals surface area contributed by atoms with Crippen LogP contribution in [0.25, 0.3) is 11.4 Å². The maximum Gasteiger partial charge on any atom is 0.243 e. The van der Waals surface area contributed by atoms with Gasteiger partial charge in [0.15, 0.2) is 0 Å². The van der Waals surface area contributed by atoms with Crippen LogP contribution in [-0.4, -0.2) is 37.0 Å². The van der Waals surface area contributed by atoms with Gasteiger partial charge in [-0.2, -0.15) is 9.29 Å². The highest BCUT2D eigenvalue weighted by molar-refractivity contribution is 7.89. The molecule has 7 nitrogen and oxygen atoms in total. The summed E-state index contributed by atoms with van der Waals surface area (Å²) in [6, 6.07) is 11.8. The molecule has 2 aromatic carbocycles. The fraction of sp³-hybridized carbons (Fsp3) is 0.263. The van der Waals surface area contributed by atoms with E-state index in [2.05, 4.69) is 10.1 Å². The smallest absolute Gasteiger partial charge is 0.243 e. The summed E-state index contributed by atoms with van der Waals surface area (Å²) in [5.41, 5.74) is 1.55. The number of aromatic nitrogens is 2. The topological polar surface area (TPSA) is 85.5 Å². The zero-order valence-electron chi connectivity index (χ0n) is 15.7. The number of nitrogens with zero attached hydrogens (tertiary/aromatic N) is 3. The van der Waals surface area contributed by atoms with Crippen LogP contribution in [0.1, 0.15) is 18.4 Å². The Hall–Kier alpha value is -2.42. The van der Waals surface area contributed by atoms with Gasteiger partial charge in [-0.3, -0.25) is 0 Å². The molecule has 0 aliphatic heterocycles. The normalized spacial score (nSPS) is 11.8. The van der Waals surface area contributed by atoms with Gasteiger partial charge in [-0.1, -0.05) is 23.7 Å². The summed E-state index contributed by atoms with van der Waals surface area (Å²) in [6.45, 7) is 1.89. The molecule has 0 aliphatic rings. The van der Waals surface area contributed by atoms with E-state index in [-0.39, 0.29) is 17.3 Å². The summed E-state index contributed by atoms with van der Waals surface area (Å²) in [4.78, 5) is 4.46. The van der Waals surface area contributed by atoms with Crippen LogP contribution in [-0.2, 0) is 23.0 Å². The van der Waals surface area contributed by atoms with E-state index in [0.717, 1.165) is 11.1 Å². The van der Waals surface area contributed by atoms with Crippen molar-refractivity contribution in [2.75, 3.05) is 14.2 Å². The average molecular weight is 422 g/mol. The number of rotatable bonds is 7. The van der Waals surface area contributed by atoms with E-state index >= 15 is 0 Å². The van der Waals surface area contributed by atoms with Crippen LogP contribution < -0.4 is 4.74 Å². The van der Waals surface area contributed by atoms with Gasteiger partial charge in [0.05, 0.1) is 18.6 Å². The first-order valence-corrected chi connectivity index (χ1v) is 10.4. The molecule has 1 aromatic heterocycles. The van der Waals surface area contributed by atoms with Crippen molar-refractivity contribution in [2.45, 2.75) is 24.8 Å². The highest BCUT2D eigenvalue weighted by Crippen LogP contribution is 2.25. The molecule has 0 N–H and O–H groups in total. The van der Waals surface area contributed by atoms with Crippen molar-refractivity contribution in [1.82, 2.24) is 14.4 Å². The molecule has 0 radical (unpaired) electrons. The molecule has 0 unspecified atom stereocenters. The molecule has 3 rings (SSSR count). The Bertz CT molecular complexity index is 1070. The van der Waals surface area contributed by atoms with Crippen molar-refractivity contribution in [3.05, 3.63) is 58.9 Å². The summed E-state index contributed by atoms with van der Waals surface area (Å²) in [5.74, 6) is 1.23. The summed E-state index contributed by atoms with van der Waals surface area (Å²) < 4.78 is 37.4. The van der Waals surface area contributed by atoms with E-state index < -0.39 is 10.0 Å². The molecule has 0 atom stereocenters. The van der Waals surface area contributed by atoms with E-state index in [1.807, 2.05) is 6.92 Å². The van der Waals surface area contributed by atoms with Gasteiger partial charge in [0.25, 0.3) is 0 Å². The number of aryl methyl sites for hydroxylation is 1. The number of hydrogen-bond donors (Lipinski definition) is 0. The second-order valence-electron chi connectivity index (χ2n) is 6.11. The van der Waals surface area contributed by atoms with Gasteiger partial charge in [-0.05, 0) is 54.4 Å². The van der Waals surface area contributed by atoms with E-state index in [9.17, 15) is 8.42 Å². The number of sulfonamides is 1. The van der Waals surface area contributed by atoms with Crippen LogP contribution in [0.5, 0.6) is 5.75 Å². The largest absolute Gasteiger partial charge is 0.496 e. The predicted octanol–water partition coefficient (Wildman–Crippen LogP) is 3.78. The highest BCUT2D eigenvalue weighted by atomic mass is 35.5. The number of benzene rings is 2. The lowest BCUT2D eigenvalue weighted by Crippen LogP contribution is -2.26. The fourth-order valence-corrected chi connectivity index (χ4v) is 3.98. The maximum atomic E-state index is 12.9. The van der Waals surface area contributed by atoms with Crippen LogP contribution in [0.2, 0.25) is 5.02 Å². The van der Waals surface area contributed by atoms with Gasteiger partial charge in [-0.15, -0.1) is 0 Å². The van der Waals surface area contributed by atoms with Crippen molar-refractivity contribution >= 4 is 21.6 Å². The minimum absolute atomic E-state index is 0.0452. The Kier molecular flexibility index (Phi) is 6.02. The fourth-order valence-electron chi connectivity index (χ4n) is 2.68. The van der Waals surface area contributed by atoms with Crippen molar-refractivity contribution in [3.63, 3.8) is 0 Å². The molecule has 1 heterocycles. The third kappa shape index (κ3) is 4.19. The Morgan fingerprint density at radius 2 is 1.89 bits per heavy atom. The van der Waals surface area contributed by atoms with Crippen molar-refractivity contribution in [1.29, 1.82) is 0 Å². The second-order valence-corrected chi connectivity index (χ2v) is 8.59. The molecule has 0 saturated heterocycles. The number of hydrogen-bond acceptors (Lipinski definition) is 6. The molecule has 0 aliphatic carbocycles. The van der Waals surface area contributed by atoms with Gasteiger partial charge in [-0.25, -0.2) is 8.42 Å². The van der Waals surface area contributed by atoms with Gasteiger partial charge < -0.3 is 9.26 Å². The van der Waals surface area contributed by atoms with Crippen molar-refractivity contribution in [3.8, 4) is 17.1 Å². The summed E-state index contributed by atoms with van der Waals surface area (Å²) in [7, 11) is -0.695. The molecule has 0 amide bonds. The molecule has 3 aromatic rings. The molecule has 0 fully saturated rings. The van der Waals surface area contributed by atoms with Crippen molar-refractivity contribution < 1.29 is 17.7 Å². The predicted molar refractivity (Wildman–Crippen MR) is 106 cm³/mol. The summed E-state index contributed by atoms with van der Waals surface area (Å²) >= 11 is 5.88. The SMILES string of the molecule is CCc1cc(S(=O)(=O)N(C)Cc2nc(-c3ccc(Cl)cc3)no2)ccc1OC. The lowest BCUT2D eigenvalue weighted by Gasteiger charge is -2.16. The lowest BCUT2D eigenvalue weighted by atomic mass is 10.1. The van der Waals surface area contributed by atoms with Crippen LogP contribution >= 0.6 is 11.6 Å². The van der Waals surface area contributed by atoms with Gasteiger partial charge in [0.1, 0.15) is 5.75 Å². The zero-order valence-corrected chi connectivity index (χ0v) is 17.3. The Balaban J connectivity index is 1.80. The lowest BCUT2D eigenvalue weighted by molar-refractivity contribution is 0.336. The van der Waals surface area contributed by atoms with Gasteiger partial charge >= 0.3 is 0 Å². The highest BCUT2D eigenvalue weighted by Gasteiger charge is 2.24. The molecule has 0 saturated carbocycles. The van der Waals surface area contributed by atoms with E-state index in [4.69, 9.17) is 20.9 Å². The second kappa shape index (κ2) is 8.30. The third-order valence-corrected chi connectivity index (χ3v) is 6.32. The Morgan fingerprint density at radius 3 is 2.54 bits per heavy atom. The third-order valence-electron chi connectivity index (χ3n) is 4.27. The standard InChI is InChI=1S/C19H20ClN3O4S/c1-4-13-11-16(9-10-17(13)26-3)28(24,25)23(2)12-18-21-19(22-27-18)14-5-7-15(20)8-6-14/h5-11H,4,12H2,1-3H3. The summed E-state index contributed by atoms with van der Waals surface area (Å²) in [6.07, 6.45) is 0.657. The van der Waals surface area contributed by atoms with Crippen LogP contribution in [0.4, 0.5) is 0 Å². The first-order valence-electron chi connectivity index (χ1n) is 8.57. The minimum atomic E-state index is -3.72. The van der Waals surface area contributed by atoms with Crippen molar-refractivity contribution in [2.24, 2.45) is 0 Å². The van der Waals surface area contributed by atoms with Crippen LogP contribution in [0.15, 0.2) is 51.9 Å². The molecular weight excluding hydrogens is 402 g/mol. The van der Waals surface area contributed by atoms with E-state index in [1.54, 1.807) is 43.5 Å². The number of halogens is 1. The Morgan fingerprint density at radius 1 is 1.18 bits per heavy atom. The molecule has 28 heavy (non-hydrogen) atoms. The monoisotopic (exact) mass is 421 g/mol. The Labute approximate surface area is 168 Å².